The molecule has 0 spiro atoms. The molecule has 0 fully saturated rings. The Bertz CT molecular complexity index is 822. The number of benzene rings is 2. The van der Waals surface area contributed by atoms with E-state index in [0.29, 0.717) is 10.6 Å². The summed E-state index contributed by atoms with van der Waals surface area (Å²) in [4.78, 5) is 17.4. The van der Waals surface area contributed by atoms with E-state index in [9.17, 15) is 4.79 Å². The monoisotopic (exact) mass is 354 g/mol. The van der Waals surface area contributed by atoms with Crippen molar-refractivity contribution in [3.8, 4) is 0 Å². The molecule has 0 bridgehead atoms. The molecule has 2 aromatic carbocycles. The highest BCUT2D eigenvalue weighted by Gasteiger charge is 2.06. The summed E-state index contributed by atoms with van der Waals surface area (Å²) >= 11 is 7.64. The number of hydrogen-bond donors (Lipinski definition) is 1. The van der Waals surface area contributed by atoms with Crippen molar-refractivity contribution in [2.24, 2.45) is 0 Å². The van der Waals surface area contributed by atoms with Crippen LogP contribution in [0.5, 0.6) is 0 Å². The molecule has 0 unspecified atom stereocenters. The molecule has 5 heteroatoms. The lowest BCUT2D eigenvalue weighted by molar-refractivity contribution is 0.102. The average molecular weight is 355 g/mol. The largest absolute Gasteiger partial charge is 0.322 e. The minimum Gasteiger partial charge on any atom is -0.322 e. The Balaban J connectivity index is 1.59. The summed E-state index contributed by atoms with van der Waals surface area (Å²) in [6.07, 6.45) is 3.64. The zero-order valence-corrected chi connectivity index (χ0v) is 14.3. The molecule has 24 heavy (non-hydrogen) atoms. The van der Waals surface area contributed by atoms with Gasteiger partial charge in [0.15, 0.2) is 0 Å². The molecule has 3 aromatic rings. The Morgan fingerprint density at radius 2 is 1.92 bits per heavy atom. The second kappa shape index (κ2) is 7.99. The van der Waals surface area contributed by atoms with Crippen LogP contribution in [-0.4, -0.2) is 10.9 Å². The molecule has 0 aliphatic carbocycles. The van der Waals surface area contributed by atoms with Gasteiger partial charge < -0.3 is 5.32 Å². The van der Waals surface area contributed by atoms with Crippen molar-refractivity contribution in [3.63, 3.8) is 0 Å². The molecule has 120 valence electrons. The Hall–Kier alpha value is -2.30. The molecule has 0 atom stereocenters. The number of anilines is 1. The lowest BCUT2D eigenvalue weighted by Crippen LogP contribution is -2.11. The standard InChI is InChI=1S/C19H15ClN2OS/c20-16-5-1-4-15(11-16)19(23)22-17-6-8-18(9-7-17)24-13-14-3-2-10-21-12-14/h1-12H,13H2,(H,22,23). The highest BCUT2D eigenvalue weighted by atomic mass is 35.5. The molecule has 0 saturated heterocycles. The van der Waals surface area contributed by atoms with Crippen molar-refractivity contribution in [2.75, 3.05) is 5.32 Å². The van der Waals surface area contributed by atoms with Gasteiger partial charge in [-0.3, -0.25) is 9.78 Å². The normalized spacial score (nSPS) is 10.4. The van der Waals surface area contributed by atoms with Crippen LogP contribution in [0.4, 0.5) is 5.69 Å². The van der Waals surface area contributed by atoms with Crippen molar-refractivity contribution >= 4 is 35.0 Å². The minimum atomic E-state index is -0.173. The number of carbonyl (C=O) groups is 1. The fraction of sp³-hybridized carbons (Fsp3) is 0.0526. The van der Waals surface area contributed by atoms with Gasteiger partial charge in [-0.2, -0.15) is 0 Å². The molecular formula is C19H15ClN2OS. The van der Waals surface area contributed by atoms with Crippen molar-refractivity contribution in [3.05, 3.63) is 89.2 Å². The van der Waals surface area contributed by atoms with Gasteiger partial charge in [-0.15, -0.1) is 11.8 Å². The third-order valence-electron chi connectivity index (χ3n) is 3.33. The number of aromatic nitrogens is 1. The number of nitrogens with one attached hydrogen (secondary N) is 1. The summed E-state index contributed by atoms with van der Waals surface area (Å²) in [5.41, 5.74) is 2.48. The van der Waals surface area contributed by atoms with Crippen molar-refractivity contribution < 1.29 is 4.79 Å². The van der Waals surface area contributed by atoms with Gasteiger partial charge in [-0.05, 0) is 54.1 Å². The van der Waals surface area contributed by atoms with Crippen LogP contribution in [-0.2, 0) is 5.75 Å². The molecule has 0 aliphatic heterocycles. The molecule has 1 amide bonds. The van der Waals surface area contributed by atoms with Gasteiger partial charge in [0.1, 0.15) is 0 Å². The quantitative estimate of drug-likeness (QED) is 0.634. The number of pyridine rings is 1. The van der Waals surface area contributed by atoms with Gasteiger partial charge in [0, 0.05) is 39.3 Å². The van der Waals surface area contributed by atoms with Gasteiger partial charge in [0.2, 0.25) is 0 Å². The van der Waals surface area contributed by atoms with Gasteiger partial charge in [-0.25, -0.2) is 0 Å². The number of thioether (sulfide) groups is 1. The first-order valence-corrected chi connectivity index (χ1v) is 8.76. The van der Waals surface area contributed by atoms with Crippen molar-refractivity contribution in [1.82, 2.24) is 4.98 Å². The summed E-state index contributed by atoms with van der Waals surface area (Å²) in [6.45, 7) is 0. The SMILES string of the molecule is O=C(Nc1ccc(SCc2cccnc2)cc1)c1cccc(Cl)c1. The maximum atomic E-state index is 12.2. The first kappa shape index (κ1) is 16.6. The van der Waals surface area contributed by atoms with Crippen LogP contribution in [0.3, 0.4) is 0 Å². The number of carbonyl (C=O) groups excluding carboxylic acids is 1. The summed E-state index contributed by atoms with van der Waals surface area (Å²) < 4.78 is 0. The average Bonchev–Trinajstić information content (AvgIpc) is 2.62. The Kier molecular flexibility index (Phi) is 5.51. The van der Waals surface area contributed by atoms with E-state index in [-0.39, 0.29) is 5.91 Å². The lowest BCUT2D eigenvalue weighted by Gasteiger charge is -2.07. The third kappa shape index (κ3) is 4.60. The lowest BCUT2D eigenvalue weighted by atomic mass is 10.2. The Labute approximate surface area is 150 Å². The van der Waals surface area contributed by atoms with Gasteiger partial charge in [0.25, 0.3) is 5.91 Å². The van der Waals surface area contributed by atoms with E-state index in [4.69, 9.17) is 11.6 Å². The second-order valence-electron chi connectivity index (χ2n) is 5.14. The zero-order chi connectivity index (χ0) is 16.8. The molecule has 1 N–H and O–H groups in total. The molecule has 0 aliphatic rings. The maximum absolute atomic E-state index is 12.2. The minimum absolute atomic E-state index is 0.173. The smallest absolute Gasteiger partial charge is 0.255 e. The van der Waals surface area contributed by atoms with Crippen LogP contribution in [0.25, 0.3) is 0 Å². The molecule has 0 radical (unpaired) electrons. The first-order chi connectivity index (χ1) is 11.7. The van der Waals surface area contributed by atoms with E-state index in [1.165, 1.54) is 5.56 Å². The second-order valence-corrected chi connectivity index (χ2v) is 6.62. The van der Waals surface area contributed by atoms with E-state index >= 15 is 0 Å². The topological polar surface area (TPSA) is 42.0 Å². The number of hydrogen-bond acceptors (Lipinski definition) is 3. The maximum Gasteiger partial charge on any atom is 0.255 e. The van der Waals surface area contributed by atoms with Crippen LogP contribution < -0.4 is 5.32 Å². The zero-order valence-electron chi connectivity index (χ0n) is 12.8. The van der Waals surface area contributed by atoms with Gasteiger partial charge in [-0.1, -0.05) is 23.7 Å². The number of rotatable bonds is 5. The van der Waals surface area contributed by atoms with E-state index < -0.39 is 0 Å². The molecule has 0 saturated carbocycles. The fourth-order valence-electron chi connectivity index (χ4n) is 2.12. The fourth-order valence-corrected chi connectivity index (χ4v) is 3.14. The molecule has 1 aromatic heterocycles. The number of halogens is 1. The number of nitrogens with zero attached hydrogens (tertiary/aromatic N) is 1. The summed E-state index contributed by atoms with van der Waals surface area (Å²) in [7, 11) is 0. The molecule has 3 rings (SSSR count). The number of amides is 1. The predicted molar refractivity (Wildman–Crippen MR) is 99.6 cm³/mol. The van der Waals surface area contributed by atoms with E-state index in [1.807, 2.05) is 36.5 Å². The highest BCUT2D eigenvalue weighted by Crippen LogP contribution is 2.24. The van der Waals surface area contributed by atoms with Crippen LogP contribution in [0, 0.1) is 0 Å². The van der Waals surface area contributed by atoms with Crippen molar-refractivity contribution in [1.29, 1.82) is 0 Å². The summed E-state index contributed by atoms with van der Waals surface area (Å²) in [5.74, 6) is 0.690. The summed E-state index contributed by atoms with van der Waals surface area (Å²) in [6, 6.07) is 18.7. The van der Waals surface area contributed by atoms with E-state index in [0.717, 1.165) is 16.3 Å². The van der Waals surface area contributed by atoms with Crippen LogP contribution in [0.2, 0.25) is 5.02 Å². The van der Waals surface area contributed by atoms with Crippen LogP contribution >= 0.6 is 23.4 Å². The molecular weight excluding hydrogens is 340 g/mol. The van der Waals surface area contributed by atoms with Gasteiger partial charge >= 0.3 is 0 Å². The van der Waals surface area contributed by atoms with Crippen LogP contribution in [0.1, 0.15) is 15.9 Å². The Morgan fingerprint density at radius 1 is 1.08 bits per heavy atom. The Morgan fingerprint density at radius 3 is 2.62 bits per heavy atom. The third-order valence-corrected chi connectivity index (χ3v) is 4.65. The van der Waals surface area contributed by atoms with E-state index in [2.05, 4.69) is 16.4 Å². The first-order valence-electron chi connectivity index (χ1n) is 7.39. The van der Waals surface area contributed by atoms with E-state index in [1.54, 1.807) is 42.2 Å². The summed E-state index contributed by atoms with van der Waals surface area (Å²) in [5, 5.41) is 3.42. The molecule has 1 heterocycles. The van der Waals surface area contributed by atoms with Crippen LogP contribution in [0.15, 0.2) is 78.0 Å². The predicted octanol–water partition coefficient (Wildman–Crippen LogP) is 5.28. The van der Waals surface area contributed by atoms with Crippen molar-refractivity contribution in [2.45, 2.75) is 10.6 Å². The highest BCUT2D eigenvalue weighted by molar-refractivity contribution is 7.98. The van der Waals surface area contributed by atoms with Gasteiger partial charge in [0.05, 0.1) is 0 Å². The molecule has 3 nitrogen and oxygen atoms in total.